The van der Waals surface area contributed by atoms with E-state index in [0.29, 0.717) is 5.92 Å². The van der Waals surface area contributed by atoms with Gasteiger partial charge in [-0.15, -0.1) is 0 Å². The van der Waals surface area contributed by atoms with Crippen molar-refractivity contribution >= 4 is 0 Å². The maximum Gasteiger partial charge on any atom is 0.0812 e. The highest BCUT2D eigenvalue weighted by atomic mass is 14.1. The van der Waals surface area contributed by atoms with E-state index in [1.54, 1.807) is 0 Å². The van der Waals surface area contributed by atoms with E-state index in [1.165, 1.54) is 19.3 Å². The maximum absolute atomic E-state index is 3.02. The molecule has 1 rings (SSSR count). The first kappa shape index (κ1) is 4.71. The van der Waals surface area contributed by atoms with Crippen molar-refractivity contribution in [2.24, 2.45) is 5.92 Å². The summed E-state index contributed by atoms with van der Waals surface area (Å²) in [5.74, 6) is 6.69. The predicted octanol–water partition coefficient (Wildman–Crippen LogP) is 1.81. The smallest absolute Gasteiger partial charge is 0.0812 e. The molecule has 0 bridgehead atoms. The lowest BCUT2D eigenvalue weighted by molar-refractivity contribution is 0.693. The van der Waals surface area contributed by atoms with E-state index in [-0.39, 0.29) is 0 Å². The fourth-order valence-electron chi connectivity index (χ4n) is 0.612. The Hall–Kier alpha value is -0.440. The van der Waals surface area contributed by atoms with Crippen LogP contribution in [-0.2, 0) is 0 Å². The Balaban J connectivity index is 1.82. The van der Waals surface area contributed by atoms with E-state index in [4.69, 9.17) is 0 Å². The van der Waals surface area contributed by atoms with Crippen LogP contribution in [0.5, 0.6) is 0 Å². The van der Waals surface area contributed by atoms with Crippen LogP contribution in [0.2, 0.25) is 0 Å². The molecule has 0 aromatic heterocycles. The lowest BCUT2D eigenvalue weighted by Crippen LogP contribution is -1.77. The number of hydrogen-bond donors (Lipinski definition) is 0. The van der Waals surface area contributed by atoms with Crippen LogP contribution >= 0.6 is 0 Å². The third-order valence-electron chi connectivity index (χ3n) is 1.19. The van der Waals surface area contributed by atoms with Gasteiger partial charge in [-0.05, 0) is 6.42 Å². The van der Waals surface area contributed by atoms with Crippen molar-refractivity contribution in [3.63, 3.8) is 0 Å². The lowest BCUT2D eigenvalue weighted by atomic mass is 10.1. The Morgan fingerprint density at radius 1 is 1.43 bits per heavy atom. The van der Waals surface area contributed by atoms with Crippen LogP contribution in [0, 0.1) is 17.8 Å². The molecule has 0 aromatic carbocycles. The van der Waals surface area contributed by atoms with Gasteiger partial charge in [0.15, 0.2) is 0 Å². The summed E-state index contributed by atoms with van der Waals surface area (Å²) in [4.78, 5) is 0. The van der Waals surface area contributed by atoms with E-state index >= 15 is 0 Å². The highest BCUT2D eigenvalue weighted by Gasteiger charge is 2.06. The minimum absolute atomic E-state index is 0.653. The molecule has 0 spiro atoms. The standard InChI is InChI=1S/C7H10/c1-2-3-4-7-5-6-7/h7H,2-4H2,1H3. The highest BCUT2D eigenvalue weighted by Crippen LogP contribution is 2.13. The Morgan fingerprint density at radius 3 is 2.57 bits per heavy atom. The topological polar surface area (TPSA) is 0 Å². The molecule has 0 amide bonds. The molecule has 0 unspecified atom stereocenters. The first-order valence-electron chi connectivity index (χ1n) is 2.94. The third kappa shape index (κ3) is 1.64. The van der Waals surface area contributed by atoms with Crippen molar-refractivity contribution in [2.45, 2.75) is 26.2 Å². The van der Waals surface area contributed by atoms with E-state index < -0.39 is 0 Å². The average molecular weight is 94.2 g/mol. The van der Waals surface area contributed by atoms with Crippen molar-refractivity contribution in [1.82, 2.24) is 0 Å². The second-order valence-corrected chi connectivity index (χ2v) is 1.98. The van der Waals surface area contributed by atoms with Gasteiger partial charge in [0.2, 0.25) is 0 Å². The first-order chi connectivity index (χ1) is 3.43. The summed E-state index contributed by atoms with van der Waals surface area (Å²) in [6.45, 7) is 2.21. The molecular formula is C7H10. The molecule has 0 atom stereocenters. The Morgan fingerprint density at radius 2 is 2.14 bits per heavy atom. The molecule has 0 heterocycles. The van der Waals surface area contributed by atoms with Crippen molar-refractivity contribution < 1.29 is 0 Å². The van der Waals surface area contributed by atoms with E-state index in [9.17, 15) is 0 Å². The van der Waals surface area contributed by atoms with Crippen LogP contribution in [0.1, 0.15) is 26.2 Å². The fraction of sp³-hybridized carbons (Fsp3) is 0.714. The summed E-state index contributed by atoms with van der Waals surface area (Å²) >= 11 is 0. The molecule has 0 radical (unpaired) electrons. The van der Waals surface area contributed by atoms with Crippen LogP contribution in [0.25, 0.3) is 0 Å². The summed E-state index contributed by atoms with van der Waals surface area (Å²) in [5, 5.41) is 0. The maximum atomic E-state index is 3.02. The van der Waals surface area contributed by atoms with Gasteiger partial charge in [0, 0.05) is 0 Å². The third-order valence-corrected chi connectivity index (χ3v) is 1.19. The number of hydrogen-bond acceptors (Lipinski definition) is 0. The van der Waals surface area contributed by atoms with Gasteiger partial charge in [-0.3, -0.25) is 0 Å². The summed E-state index contributed by atoms with van der Waals surface area (Å²) in [6, 6.07) is 0. The van der Waals surface area contributed by atoms with Crippen molar-refractivity contribution in [3.05, 3.63) is 0 Å². The summed E-state index contributed by atoms with van der Waals surface area (Å²) in [7, 11) is 0. The molecule has 7 heavy (non-hydrogen) atoms. The second-order valence-electron chi connectivity index (χ2n) is 1.98. The van der Waals surface area contributed by atoms with Gasteiger partial charge in [-0.2, -0.15) is 0 Å². The van der Waals surface area contributed by atoms with Gasteiger partial charge >= 0.3 is 0 Å². The van der Waals surface area contributed by atoms with Crippen LogP contribution in [-0.4, -0.2) is 0 Å². The molecule has 1 aliphatic carbocycles. The molecular weight excluding hydrogens is 84.1 g/mol. The highest BCUT2D eigenvalue weighted by molar-refractivity contribution is 5.29. The molecule has 0 aromatic rings. The van der Waals surface area contributed by atoms with Crippen LogP contribution in [0.4, 0.5) is 0 Å². The van der Waals surface area contributed by atoms with E-state index in [0.717, 1.165) is 0 Å². The average Bonchev–Trinajstić information content (AvgIpc) is 2.42. The fourth-order valence-corrected chi connectivity index (χ4v) is 0.612. The minimum Gasteiger partial charge on any atom is -0.0855 e. The summed E-state index contributed by atoms with van der Waals surface area (Å²) < 4.78 is 0. The first-order valence-corrected chi connectivity index (χ1v) is 2.94. The lowest BCUT2D eigenvalue weighted by Gasteiger charge is -1.88. The molecule has 0 heteroatoms. The zero-order chi connectivity index (χ0) is 5.11. The van der Waals surface area contributed by atoms with Gasteiger partial charge in [-0.1, -0.05) is 31.6 Å². The molecule has 0 aliphatic heterocycles. The largest absolute Gasteiger partial charge is 0.0855 e. The molecule has 38 valence electrons. The molecule has 0 saturated carbocycles. The van der Waals surface area contributed by atoms with Crippen molar-refractivity contribution in [2.75, 3.05) is 0 Å². The van der Waals surface area contributed by atoms with E-state index in [2.05, 4.69) is 18.8 Å². The molecule has 0 nitrogen and oxygen atoms in total. The molecule has 0 saturated heterocycles. The summed E-state index contributed by atoms with van der Waals surface area (Å²) in [6.07, 6.45) is 3.93. The predicted molar refractivity (Wildman–Crippen MR) is 30.8 cm³/mol. The number of unbranched alkanes of at least 4 members (excludes halogenated alkanes) is 1. The SMILES string of the molecule is CCCCC1C#C1. The van der Waals surface area contributed by atoms with Gasteiger partial charge in [0.1, 0.15) is 0 Å². The Kier molecular flexibility index (Phi) is 1.36. The van der Waals surface area contributed by atoms with Crippen molar-refractivity contribution in [1.29, 1.82) is 0 Å². The molecule has 0 N–H and O–H groups in total. The second kappa shape index (κ2) is 2.02. The van der Waals surface area contributed by atoms with Gasteiger partial charge in [-0.25, -0.2) is 0 Å². The van der Waals surface area contributed by atoms with Crippen LogP contribution in [0.15, 0.2) is 0 Å². The quantitative estimate of drug-likeness (QED) is 0.468. The monoisotopic (exact) mass is 94.1 g/mol. The van der Waals surface area contributed by atoms with Gasteiger partial charge < -0.3 is 0 Å². The van der Waals surface area contributed by atoms with Crippen LogP contribution < -0.4 is 0 Å². The molecule has 1 aliphatic rings. The minimum atomic E-state index is 0.653. The van der Waals surface area contributed by atoms with Gasteiger partial charge in [0.25, 0.3) is 0 Å². The molecule has 0 fully saturated rings. The Bertz CT molecular complexity index is 94.9. The van der Waals surface area contributed by atoms with E-state index in [1.807, 2.05) is 0 Å². The van der Waals surface area contributed by atoms with Crippen LogP contribution in [0.3, 0.4) is 0 Å². The number of rotatable bonds is 3. The zero-order valence-electron chi connectivity index (χ0n) is 4.70. The van der Waals surface area contributed by atoms with Gasteiger partial charge in [0.05, 0.1) is 5.92 Å². The normalized spacial score (nSPS) is 15.6. The Labute approximate surface area is 44.9 Å². The summed E-state index contributed by atoms with van der Waals surface area (Å²) in [5.41, 5.74) is 0. The van der Waals surface area contributed by atoms with Crippen molar-refractivity contribution in [3.8, 4) is 11.8 Å². The zero-order valence-corrected chi connectivity index (χ0v) is 4.70.